The summed E-state index contributed by atoms with van der Waals surface area (Å²) in [5, 5.41) is 9.42. The molecule has 0 saturated heterocycles. The number of hydrogen-bond acceptors (Lipinski definition) is 4. The van der Waals surface area contributed by atoms with Crippen LogP contribution in [0.3, 0.4) is 0 Å². The standard InChI is InChI=1S/C14H25N3OS/c1-5-6-10(2)16-14(18)11(3)15-8-7-13-9-19-12(4)17-13/h9-11,15H,5-8H2,1-4H3,(H,16,18). The van der Waals surface area contributed by atoms with Crippen LogP contribution in [0.4, 0.5) is 0 Å². The number of nitrogens with one attached hydrogen (secondary N) is 2. The van der Waals surface area contributed by atoms with Gasteiger partial charge in [0.2, 0.25) is 5.91 Å². The van der Waals surface area contributed by atoms with Crippen molar-refractivity contribution in [2.45, 2.75) is 59.0 Å². The van der Waals surface area contributed by atoms with E-state index in [4.69, 9.17) is 0 Å². The van der Waals surface area contributed by atoms with Gasteiger partial charge in [-0.2, -0.15) is 0 Å². The summed E-state index contributed by atoms with van der Waals surface area (Å²) in [6.07, 6.45) is 2.98. The van der Waals surface area contributed by atoms with Crippen LogP contribution < -0.4 is 10.6 Å². The molecule has 0 aliphatic heterocycles. The Morgan fingerprint density at radius 3 is 2.79 bits per heavy atom. The van der Waals surface area contributed by atoms with Crippen molar-refractivity contribution in [3.8, 4) is 0 Å². The molecule has 1 heterocycles. The first-order chi connectivity index (χ1) is 9.02. The summed E-state index contributed by atoms with van der Waals surface area (Å²) in [6, 6.07) is 0.0991. The van der Waals surface area contributed by atoms with Gasteiger partial charge in [0.25, 0.3) is 0 Å². The molecular formula is C14H25N3OS. The van der Waals surface area contributed by atoms with E-state index >= 15 is 0 Å². The first-order valence-electron chi connectivity index (χ1n) is 6.97. The van der Waals surface area contributed by atoms with Crippen molar-refractivity contribution in [3.05, 3.63) is 16.1 Å². The van der Waals surface area contributed by atoms with Gasteiger partial charge in [0.15, 0.2) is 0 Å². The van der Waals surface area contributed by atoms with Crippen LogP contribution in [-0.4, -0.2) is 29.5 Å². The highest BCUT2D eigenvalue weighted by molar-refractivity contribution is 7.09. The molecule has 108 valence electrons. The zero-order valence-corrected chi connectivity index (χ0v) is 13.1. The number of hydrogen-bond donors (Lipinski definition) is 2. The van der Waals surface area contributed by atoms with E-state index in [2.05, 4.69) is 27.9 Å². The molecule has 0 fully saturated rings. The van der Waals surface area contributed by atoms with Gasteiger partial charge in [-0.05, 0) is 27.2 Å². The molecule has 4 nitrogen and oxygen atoms in total. The second-order valence-corrected chi connectivity index (χ2v) is 6.04. The number of rotatable bonds is 8. The van der Waals surface area contributed by atoms with Crippen molar-refractivity contribution in [3.63, 3.8) is 0 Å². The number of aryl methyl sites for hydroxylation is 1. The summed E-state index contributed by atoms with van der Waals surface area (Å²) >= 11 is 1.67. The number of amides is 1. The molecule has 1 rings (SSSR count). The lowest BCUT2D eigenvalue weighted by atomic mass is 10.2. The smallest absolute Gasteiger partial charge is 0.237 e. The Morgan fingerprint density at radius 1 is 1.47 bits per heavy atom. The Balaban J connectivity index is 2.23. The SMILES string of the molecule is CCCC(C)NC(=O)C(C)NCCc1csc(C)n1. The average Bonchev–Trinajstić information content (AvgIpc) is 2.75. The molecule has 0 bridgehead atoms. The first-order valence-corrected chi connectivity index (χ1v) is 7.85. The Bertz CT molecular complexity index is 392. The van der Waals surface area contributed by atoms with Gasteiger partial charge in [-0.3, -0.25) is 4.79 Å². The average molecular weight is 283 g/mol. The van der Waals surface area contributed by atoms with Crippen LogP contribution in [0.25, 0.3) is 0 Å². The molecule has 1 aromatic heterocycles. The summed E-state index contributed by atoms with van der Waals surface area (Å²) in [5.74, 6) is 0.0791. The highest BCUT2D eigenvalue weighted by Crippen LogP contribution is 2.07. The lowest BCUT2D eigenvalue weighted by Gasteiger charge is -2.17. The molecule has 0 radical (unpaired) electrons. The van der Waals surface area contributed by atoms with Crippen molar-refractivity contribution in [2.75, 3.05) is 6.54 Å². The highest BCUT2D eigenvalue weighted by Gasteiger charge is 2.14. The Morgan fingerprint density at radius 2 is 2.21 bits per heavy atom. The Hall–Kier alpha value is -0.940. The number of carbonyl (C=O) groups excluding carboxylic acids is 1. The fourth-order valence-electron chi connectivity index (χ4n) is 1.91. The van der Waals surface area contributed by atoms with E-state index in [0.29, 0.717) is 0 Å². The molecule has 1 aromatic rings. The molecule has 1 amide bonds. The minimum Gasteiger partial charge on any atom is -0.352 e. The molecule has 0 aliphatic carbocycles. The summed E-state index contributed by atoms with van der Waals surface area (Å²) in [6.45, 7) is 8.86. The lowest BCUT2D eigenvalue weighted by Crippen LogP contribution is -2.45. The van der Waals surface area contributed by atoms with Crippen LogP contribution in [0.5, 0.6) is 0 Å². The summed E-state index contributed by atoms with van der Waals surface area (Å²) in [4.78, 5) is 16.3. The molecule has 2 unspecified atom stereocenters. The van der Waals surface area contributed by atoms with Gasteiger partial charge < -0.3 is 10.6 Å². The third-order valence-corrected chi connectivity index (χ3v) is 3.82. The van der Waals surface area contributed by atoms with Crippen molar-refractivity contribution in [1.82, 2.24) is 15.6 Å². The Kier molecular flexibility index (Phi) is 7.02. The molecule has 2 atom stereocenters. The van der Waals surface area contributed by atoms with Gasteiger partial charge >= 0.3 is 0 Å². The maximum Gasteiger partial charge on any atom is 0.237 e. The zero-order valence-electron chi connectivity index (χ0n) is 12.3. The zero-order chi connectivity index (χ0) is 14.3. The van der Waals surface area contributed by atoms with Gasteiger partial charge in [-0.1, -0.05) is 13.3 Å². The molecule has 0 aliphatic rings. The van der Waals surface area contributed by atoms with E-state index in [-0.39, 0.29) is 18.0 Å². The van der Waals surface area contributed by atoms with Crippen LogP contribution in [0.1, 0.15) is 44.3 Å². The van der Waals surface area contributed by atoms with E-state index in [1.54, 1.807) is 11.3 Å². The van der Waals surface area contributed by atoms with Crippen LogP contribution >= 0.6 is 11.3 Å². The third-order valence-electron chi connectivity index (χ3n) is 3.00. The number of aromatic nitrogens is 1. The van der Waals surface area contributed by atoms with Gasteiger partial charge in [-0.15, -0.1) is 11.3 Å². The molecule has 0 spiro atoms. The molecule has 0 aromatic carbocycles. The van der Waals surface area contributed by atoms with Crippen LogP contribution in [-0.2, 0) is 11.2 Å². The third kappa shape index (κ3) is 6.16. The first kappa shape index (κ1) is 16.1. The fraction of sp³-hybridized carbons (Fsp3) is 0.714. The Labute approximate surface area is 120 Å². The quantitative estimate of drug-likeness (QED) is 0.769. The summed E-state index contributed by atoms with van der Waals surface area (Å²) in [7, 11) is 0. The van der Waals surface area contributed by atoms with Crippen molar-refractivity contribution < 1.29 is 4.79 Å². The molecular weight excluding hydrogens is 258 g/mol. The van der Waals surface area contributed by atoms with E-state index in [0.717, 1.165) is 36.5 Å². The minimum atomic E-state index is -0.154. The lowest BCUT2D eigenvalue weighted by molar-refractivity contribution is -0.123. The number of nitrogens with zero attached hydrogens (tertiary/aromatic N) is 1. The minimum absolute atomic E-state index is 0.0791. The number of thiazole rings is 1. The van der Waals surface area contributed by atoms with E-state index in [9.17, 15) is 4.79 Å². The van der Waals surface area contributed by atoms with E-state index < -0.39 is 0 Å². The van der Waals surface area contributed by atoms with Gasteiger partial charge in [0.1, 0.15) is 0 Å². The normalized spacial score (nSPS) is 14.1. The maximum atomic E-state index is 11.9. The van der Waals surface area contributed by atoms with Crippen LogP contribution in [0.15, 0.2) is 5.38 Å². The molecule has 0 saturated carbocycles. The maximum absolute atomic E-state index is 11.9. The second kappa shape index (κ2) is 8.27. The van der Waals surface area contributed by atoms with E-state index in [1.807, 2.05) is 20.8 Å². The topological polar surface area (TPSA) is 54.0 Å². The van der Waals surface area contributed by atoms with Crippen LogP contribution in [0.2, 0.25) is 0 Å². The predicted molar refractivity (Wildman–Crippen MR) is 80.5 cm³/mol. The number of carbonyl (C=O) groups is 1. The van der Waals surface area contributed by atoms with Crippen molar-refractivity contribution >= 4 is 17.2 Å². The van der Waals surface area contributed by atoms with Crippen LogP contribution in [0, 0.1) is 6.92 Å². The van der Waals surface area contributed by atoms with Gasteiger partial charge in [-0.25, -0.2) is 4.98 Å². The van der Waals surface area contributed by atoms with E-state index in [1.165, 1.54) is 0 Å². The van der Waals surface area contributed by atoms with Gasteiger partial charge in [0.05, 0.1) is 16.7 Å². The second-order valence-electron chi connectivity index (χ2n) is 4.98. The molecule has 2 N–H and O–H groups in total. The summed E-state index contributed by atoms with van der Waals surface area (Å²) < 4.78 is 0. The van der Waals surface area contributed by atoms with Crippen molar-refractivity contribution in [1.29, 1.82) is 0 Å². The largest absolute Gasteiger partial charge is 0.352 e. The molecule has 19 heavy (non-hydrogen) atoms. The van der Waals surface area contributed by atoms with Crippen molar-refractivity contribution in [2.24, 2.45) is 0 Å². The fourth-order valence-corrected chi connectivity index (χ4v) is 2.55. The monoisotopic (exact) mass is 283 g/mol. The highest BCUT2D eigenvalue weighted by atomic mass is 32.1. The predicted octanol–water partition coefficient (Wildman–Crippen LogP) is 2.28. The van der Waals surface area contributed by atoms with Gasteiger partial charge in [0, 0.05) is 24.4 Å². The summed E-state index contributed by atoms with van der Waals surface area (Å²) in [5.41, 5.74) is 1.10. The molecule has 5 heteroatoms.